The van der Waals surface area contributed by atoms with E-state index in [1.165, 1.54) is 0 Å². The minimum Gasteiger partial charge on any atom is -0.393 e. The summed E-state index contributed by atoms with van der Waals surface area (Å²) in [4.78, 5) is 0. The second-order valence-electron chi connectivity index (χ2n) is 5.14. The molecule has 0 aliphatic heterocycles. The molecule has 2 aromatic carbocycles. The largest absolute Gasteiger partial charge is 0.393 e. The number of rotatable bonds is 6. The Bertz CT molecular complexity index is 575. The van der Waals surface area contributed by atoms with Crippen molar-refractivity contribution < 1.29 is 9.67 Å². The Morgan fingerprint density at radius 3 is 1.90 bits per heavy atom. The lowest BCUT2D eigenvalue weighted by molar-refractivity contribution is 0.186. The Labute approximate surface area is 126 Å². The molecule has 21 heavy (non-hydrogen) atoms. The molecule has 0 bridgehead atoms. The molecule has 0 saturated heterocycles. The fourth-order valence-electron chi connectivity index (χ4n) is 2.18. The lowest BCUT2D eigenvalue weighted by Gasteiger charge is -2.15. The molecular weight excluding hydrogens is 279 g/mol. The lowest BCUT2D eigenvalue weighted by Crippen LogP contribution is -2.13. The number of allylic oxidation sites excluding steroid dienone is 1. The summed E-state index contributed by atoms with van der Waals surface area (Å²) in [5.74, 6) is 1.82. The van der Waals surface area contributed by atoms with Crippen molar-refractivity contribution in [2.75, 3.05) is 0 Å². The summed E-state index contributed by atoms with van der Waals surface area (Å²) >= 11 is 0. The Balaban J connectivity index is 2.34. The van der Waals surface area contributed by atoms with Gasteiger partial charge in [-0.05, 0) is 25.6 Å². The molecule has 2 aromatic rings. The number of aliphatic hydroxyl groups is 1. The zero-order chi connectivity index (χ0) is 15.1. The molecule has 3 heteroatoms. The molecule has 0 heterocycles. The number of hydrogen-bond donors (Lipinski definition) is 1. The van der Waals surface area contributed by atoms with E-state index >= 15 is 0 Å². The summed E-state index contributed by atoms with van der Waals surface area (Å²) in [5, 5.41) is 11.0. The predicted molar refractivity (Wildman–Crippen MR) is 89.8 cm³/mol. The van der Waals surface area contributed by atoms with E-state index in [-0.39, 0.29) is 6.10 Å². The van der Waals surface area contributed by atoms with Crippen molar-refractivity contribution in [1.29, 1.82) is 0 Å². The van der Waals surface area contributed by atoms with Gasteiger partial charge in [-0.25, -0.2) is 0 Å². The Morgan fingerprint density at radius 2 is 1.48 bits per heavy atom. The van der Waals surface area contributed by atoms with Crippen molar-refractivity contribution in [1.82, 2.24) is 0 Å². The van der Waals surface area contributed by atoms with Gasteiger partial charge in [0.25, 0.3) is 0 Å². The molecule has 110 valence electrons. The molecule has 0 radical (unpaired) electrons. The van der Waals surface area contributed by atoms with Crippen molar-refractivity contribution in [3.8, 4) is 0 Å². The third-order valence-electron chi connectivity index (χ3n) is 3.35. The third-order valence-corrected chi connectivity index (χ3v) is 6.11. The topological polar surface area (TPSA) is 37.3 Å². The molecule has 0 spiro atoms. The number of benzene rings is 2. The average Bonchev–Trinajstić information content (AvgIpc) is 2.53. The number of aliphatic hydroxyl groups excluding tert-OH is 1. The van der Waals surface area contributed by atoms with Gasteiger partial charge in [0, 0.05) is 10.6 Å². The highest BCUT2D eigenvalue weighted by atomic mass is 31.2. The first-order valence-electron chi connectivity index (χ1n) is 7.19. The van der Waals surface area contributed by atoms with Crippen molar-refractivity contribution in [2.24, 2.45) is 0 Å². The normalized spacial score (nSPS) is 13.4. The summed E-state index contributed by atoms with van der Waals surface area (Å²) in [6.45, 7) is 1.77. The molecule has 2 rings (SSSR count). The minimum atomic E-state index is -2.75. The standard InChI is InChI=1S/C18H21O2P/c1-16(19)10-8-9-15-21(20,17-11-4-2-5-12-17)18-13-6-3-7-14-18/h2-7,9,11-16,19H,8,10H2,1H3/b15-9+. The van der Waals surface area contributed by atoms with Crippen LogP contribution >= 0.6 is 7.14 Å². The van der Waals surface area contributed by atoms with Gasteiger partial charge < -0.3 is 9.67 Å². The molecule has 0 saturated carbocycles. The van der Waals surface area contributed by atoms with Crippen LogP contribution in [0.5, 0.6) is 0 Å². The third kappa shape index (κ3) is 4.17. The van der Waals surface area contributed by atoms with Crippen LogP contribution < -0.4 is 10.6 Å². The summed E-state index contributed by atoms with van der Waals surface area (Å²) < 4.78 is 13.5. The van der Waals surface area contributed by atoms with Gasteiger partial charge in [-0.15, -0.1) is 0 Å². The van der Waals surface area contributed by atoms with Gasteiger partial charge in [-0.2, -0.15) is 0 Å². The molecule has 0 aliphatic carbocycles. The maximum atomic E-state index is 13.5. The van der Waals surface area contributed by atoms with E-state index in [2.05, 4.69) is 0 Å². The zero-order valence-electron chi connectivity index (χ0n) is 12.2. The monoisotopic (exact) mass is 300 g/mol. The first kappa shape index (κ1) is 15.8. The van der Waals surface area contributed by atoms with Crippen LogP contribution in [0.3, 0.4) is 0 Å². The second-order valence-corrected chi connectivity index (χ2v) is 7.79. The Hall–Kier alpha value is -1.63. The van der Waals surface area contributed by atoms with E-state index in [0.29, 0.717) is 6.42 Å². The molecule has 1 unspecified atom stereocenters. The van der Waals surface area contributed by atoms with Gasteiger partial charge in [-0.1, -0.05) is 66.7 Å². The molecule has 2 nitrogen and oxygen atoms in total. The lowest BCUT2D eigenvalue weighted by atomic mass is 10.2. The summed E-state index contributed by atoms with van der Waals surface area (Å²) in [5.41, 5.74) is 0. The van der Waals surface area contributed by atoms with Gasteiger partial charge in [-0.3, -0.25) is 0 Å². The van der Waals surface area contributed by atoms with Crippen LogP contribution in [0.4, 0.5) is 0 Å². The predicted octanol–water partition coefficient (Wildman–Crippen LogP) is 3.68. The Morgan fingerprint density at radius 1 is 1.00 bits per heavy atom. The summed E-state index contributed by atoms with van der Waals surface area (Å²) in [7, 11) is -2.75. The van der Waals surface area contributed by atoms with Crippen molar-refractivity contribution >= 4 is 17.8 Å². The average molecular weight is 300 g/mol. The van der Waals surface area contributed by atoms with Gasteiger partial charge in [0.1, 0.15) is 0 Å². The van der Waals surface area contributed by atoms with Crippen LogP contribution in [0.1, 0.15) is 19.8 Å². The van der Waals surface area contributed by atoms with Crippen LogP contribution in [-0.2, 0) is 4.57 Å². The quantitative estimate of drug-likeness (QED) is 0.826. The van der Waals surface area contributed by atoms with Crippen molar-refractivity contribution in [2.45, 2.75) is 25.9 Å². The zero-order valence-corrected chi connectivity index (χ0v) is 13.1. The summed E-state index contributed by atoms with van der Waals surface area (Å²) in [6.07, 6.45) is 3.00. The van der Waals surface area contributed by atoms with Crippen molar-refractivity contribution in [3.05, 3.63) is 72.6 Å². The fraction of sp³-hybridized carbons (Fsp3) is 0.222. The van der Waals surface area contributed by atoms with Gasteiger partial charge >= 0.3 is 0 Å². The molecule has 0 fully saturated rings. The fourth-order valence-corrected chi connectivity index (χ4v) is 4.50. The minimum absolute atomic E-state index is 0.331. The highest BCUT2D eigenvalue weighted by Gasteiger charge is 2.23. The van der Waals surface area contributed by atoms with E-state index < -0.39 is 7.14 Å². The maximum absolute atomic E-state index is 13.5. The molecular formula is C18H21O2P. The second kappa shape index (κ2) is 7.40. The van der Waals surface area contributed by atoms with E-state index in [0.717, 1.165) is 17.0 Å². The first-order valence-corrected chi connectivity index (χ1v) is 8.97. The van der Waals surface area contributed by atoms with Crippen LogP contribution in [0.2, 0.25) is 0 Å². The SMILES string of the molecule is CC(O)CC/C=C/P(=O)(c1ccccc1)c1ccccc1. The van der Waals surface area contributed by atoms with Crippen LogP contribution in [0, 0.1) is 0 Å². The van der Waals surface area contributed by atoms with Gasteiger partial charge in [0.2, 0.25) is 0 Å². The van der Waals surface area contributed by atoms with E-state index in [1.54, 1.807) is 6.92 Å². The van der Waals surface area contributed by atoms with E-state index in [9.17, 15) is 9.67 Å². The van der Waals surface area contributed by atoms with Crippen molar-refractivity contribution in [3.63, 3.8) is 0 Å². The molecule has 0 amide bonds. The number of hydrogen-bond acceptors (Lipinski definition) is 2. The smallest absolute Gasteiger partial charge is 0.163 e. The van der Waals surface area contributed by atoms with E-state index in [4.69, 9.17) is 0 Å². The molecule has 0 aliphatic rings. The summed E-state index contributed by atoms with van der Waals surface area (Å²) in [6, 6.07) is 19.1. The van der Waals surface area contributed by atoms with Crippen LogP contribution in [0.25, 0.3) is 0 Å². The molecule has 0 aromatic heterocycles. The van der Waals surface area contributed by atoms with E-state index in [1.807, 2.05) is 72.6 Å². The highest BCUT2D eigenvalue weighted by Crippen LogP contribution is 2.44. The van der Waals surface area contributed by atoms with Gasteiger partial charge in [0.15, 0.2) is 7.14 Å². The van der Waals surface area contributed by atoms with Crippen LogP contribution in [0.15, 0.2) is 72.6 Å². The first-order chi connectivity index (χ1) is 10.1. The molecule has 1 N–H and O–H groups in total. The van der Waals surface area contributed by atoms with Crippen LogP contribution in [-0.4, -0.2) is 11.2 Å². The Kier molecular flexibility index (Phi) is 5.55. The van der Waals surface area contributed by atoms with Gasteiger partial charge in [0.05, 0.1) is 6.10 Å². The maximum Gasteiger partial charge on any atom is 0.163 e. The molecule has 1 atom stereocenters. The highest BCUT2D eigenvalue weighted by molar-refractivity contribution is 7.81.